The van der Waals surface area contributed by atoms with E-state index in [2.05, 4.69) is 15.2 Å². The normalized spacial score (nSPS) is 22.9. The van der Waals surface area contributed by atoms with Crippen LogP contribution in [0.5, 0.6) is 0 Å². The Balaban J connectivity index is 1.81. The molecule has 1 aromatic carbocycles. The maximum atomic E-state index is 12.6. The number of urea groups is 1. The molecule has 10 heteroatoms. The fourth-order valence-corrected chi connectivity index (χ4v) is 5.21. The van der Waals surface area contributed by atoms with Crippen LogP contribution >= 0.6 is 0 Å². The Morgan fingerprint density at radius 1 is 1.24 bits per heavy atom. The monoisotopic (exact) mass is 417 g/mol. The van der Waals surface area contributed by atoms with Gasteiger partial charge in [0, 0.05) is 23.4 Å². The van der Waals surface area contributed by atoms with Gasteiger partial charge < -0.3 is 20.7 Å². The minimum absolute atomic E-state index is 0.0771. The van der Waals surface area contributed by atoms with Crippen LogP contribution in [0.1, 0.15) is 30.4 Å². The highest BCUT2D eigenvalue weighted by Crippen LogP contribution is 2.42. The van der Waals surface area contributed by atoms with E-state index in [9.17, 15) is 13.2 Å². The summed E-state index contributed by atoms with van der Waals surface area (Å²) < 4.78 is 30.7. The van der Waals surface area contributed by atoms with E-state index < -0.39 is 21.1 Å². The number of carbonyl (C=O) groups excluding carboxylic acids is 1. The molecule has 0 radical (unpaired) electrons. The van der Waals surface area contributed by atoms with Gasteiger partial charge in [0.05, 0.1) is 36.0 Å². The highest BCUT2D eigenvalue weighted by atomic mass is 32.2. The molecule has 3 heterocycles. The molecule has 2 atom stereocenters. The Labute approximate surface area is 169 Å². The largest absolute Gasteiger partial charge is 0.377 e. The molecule has 2 amide bonds. The van der Waals surface area contributed by atoms with Crippen LogP contribution in [-0.2, 0) is 20.3 Å². The van der Waals surface area contributed by atoms with Gasteiger partial charge >= 0.3 is 6.03 Å². The van der Waals surface area contributed by atoms with E-state index in [0.29, 0.717) is 48.3 Å². The third kappa shape index (κ3) is 3.65. The number of nitrogens with two attached hydrogens (primary N) is 1. The topological polar surface area (TPSA) is 128 Å². The minimum Gasteiger partial charge on any atom is -0.377 e. The lowest BCUT2D eigenvalue weighted by Gasteiger charge is -2.35. The lowest BCUT2D eigenvalue weighted by atomic mass is 10.1. The van der Waals surface area contributed by atoms with Crippen molar-refractivity contribution < 1.29 is 17.9 Å². The molecular formula is C19H23N5O4S. The van der Waals surface area contributed by atoms with E-state index in [1.165, 1.54) is 0 Å². The number of fused-ring (bicyclic) bond motifs is 1. The fourth-order valence-electron chi connectivity index (χ4n) is 3.76. The number of morpholine rings is 1. The second-order valence-corrected chi connectivity index (χ2v) is 9.69. The summed E-state index contributed by atoms with van der Waals surface area (Å²) in [5.41, 5.74) is 7.66. The zero-order chi connectivity index (χ0) is 20.8. The standard InChI is InChI=1S/C19H23N5O4S/c1-11-9-28-8-7-24(11)18-16-12(2)29(26,27)10-15(16)22-17(23-18)13-3-5-14(6-4-13)21-19(20)25/h3-6,11-12H,7-10H2,1-2H3,(H3,20,21,25)/t11-,12?/m1/s1. The van der Waals surface area contributed by atoms with E-state index in [-0.39, 0.29) is 11.8 Å². The predicted molar refractivity (Wildman–Crippen MR) is 109 cm³/mol. The maximum Gasteiger partial charge on any atom is 0.316 e. The first-order chi connectivity index (χ1) is 13.8. The Kier molecular flexibility index (Phi) is 4.91. The molecule has 9 nitrogen and oxygen atoms in total. The molecular weight excluding hydrogens is 394 g/mol. The molecule has 1 unspecified atom stereocenters. The van der Waals surface area contributed by atoms with Crippen molar-refractivity contribution in [3.05, 3.63) is 35.5 Å². The van der Waals surface area contributed by atoms with Gasteiger partial charge in [-0.3, -0.25) is 0 Å². The summed E-state index contributed by atoms with van der Waals surface area (Å²) in [5.74, 6) is 1.02. The highest BCUT2D eigenvalue weighted by molar-refractivity contribution is 7.91. The molecule has 3 N–H and O–H groups in total. The lowest BCUT2D eigenvalue weighted by Crippen LogP contribution is -2.44. The number of sulfone groups is 1. The summed E-state index contributed by atoms with van der Waals surface area (Å²) in [6, 6.07) is 6.38. The molecule has 0 saturated carbocycles. The number of hydrogen-bond donors (Lipinski definition) is 2. The minimum atomic E-state index is -3.30. The first-order valence-electron chi connectivity index (χ1n) is 9.40. The first kappa shape index (κ1) is 19.6. The SMILES string of the molecule is CC1c2c(nc(-c3ccc(NC(N)=O)cc3)nc2N2CCOC[C@H]2C)CS1(=O)=O. The first-order valence-corrected chi connectivity index (χ1v) is 11.1. The zero-order valence-electron chi connectivity index (χ0n) is 16.3. The molecule has 154 valence electrons. The molecule has 2 aliphatic heterocycles. The van der Waals surface area contributed by atoms with Crippen LogP contribution in [0.25, 0.3) is 11.4 Å². The summed E-state index contributed by atoms with van der Waals surface area (Å²) in [4.78, 5) is 22.5. The predicted octanol–water partition coefficient (Wildman–Crippen LogP) is 1.85. The van der Waals surface area contributed by atoms with Gasteiger partial charge in [-0.05, 0) is 38.1 Å². The Bertz CT molecular complexity index is 1060. The van der Waals surface area contributed by atoms with E-state index in [4.69, 9.17) is 15.5 Å². The number of nitrogens with zero attached hydrogens (tertiary/aromatic N) is 3. The second kappa shape index (κ2) is 7.27. The van der Waals surface area contributed by atoms with E-state index in [1.807, 2.05) is 6.92 Å². The van der Waals surface area contributed by atoms with Gasteiger partial charge in [0.1, 0.15) is 5.82 Å². The van der Waals surface area contributed by atoms with Crippen molar-refractivity contribution in [2.24, 2.45) is 5.73 Å². The van der Waals surface area contributed by atoms with Gasteiger partial charge in [0.15, 0.2) is 15.7 Å². The Hall–Kier alpha value is -2.72. The van der Waals surface area contributed by atoms with E-state index >= 15 is 0 Å². The van der Waals surface area contributed by atoms with Gasteiger partial charge in [-0.15, -0.1) is 0 Å². The second-order valence-electron chi connectivity index (χ2n) is 7.36. The number of primary amides is 1. The molecule has 2 aliphatic rings. The molecule has 0 spiro atoms. The van der Waals surface area contributed by atoms with Crippen LogP contribution in [0.2, 0.25) is 0 Å². The number of hydrogen-bond acceptors (Lipinski definition) is 7. The van der Waals surface area contributed by atoms with Crippen molar-refractivity contribution >= 4 is 27.4 Å². The van der Waals surface area contributed by atoms with Crippen molar-refractivity contribution in [1.82, 2.24) is 9.97 Å². The van der Waals surface area contributed by atoms with Gasteiger partial charge in [0.2, 0.25) is 0 Å². The molecule has 2 aromatic rings. The number of anilines is 2. The number of nitrogens with one attached hydrogen (secondary N) is 1. The lowest BCUT2D eigenvalue weighted by molar-refractivity contribution is 0.0984. The fraction of sp³-hybridized carbons (Fsp3) is 0.421. The summed E-state index contributed by atoms with van der Waals surface area (Å²) in [6.45, 7) is 5.49. The highest BCUT2D eigenvalue weighted by Gasteiger charge is 2.40. The number of ether oxygens (including phenoxy) is 1. The summed E-state index contributed by atoms with van der Waals surface area (Å²) in [5, 5.41) is 1.87. The molecule has 29 heavy (non-hydrogen) atoms. The summed E-state index contributed by atoms with van der Waals surface area (Å²) in [6.07, 6.45) is 0. The van der Waals surface area contributed by atoms with Crippen LogP contribution in [0.15, 0.2) is 24.3 Å². The van der Waals surface area contributed by atoms with Crippen LogP contribution in [-0.4, -0.2) is 50.2 Å². The van der Waals surface area contributed by atoms with Gasteiger partial charge in [-0.25, -0.2) is 23.2 Å². The average Bonchev–Trinajstić information content (AvgIpc) is 2.90. The Morgan fingerprint density at radius 3 is 2.62 bits per heavy atom. The van der Waals surface area contributed by atoms with Crippen LogP contribution < -0.4 is 16.0 Å². The van der Waals surface area contributed by atoms with Gasteiger partial charge in [0.25, 0.3) is 0 Å². The molecule has 4 rings (SSSR count). The van der Waals surface area contributed by atoms with Crippen molar-refractivity contribution in [3.8, 4) is 11.4 Å². The number of rotatable bonds is 3. The average molecular weight is 417 g/mol. The van der Waals surface area contributed by atoms with Crippen molar-refractivity contribution in [1.29, 1.82) is 0 Å². The molecule has 0 aliphatic carbocycles. The number of amides is 2. The zero-order valence-corrected chi connectivity index (χ0v) is 17.1. The van der Waals surface area contributed by atoms with Crippen molar-refractivity contribution in [2.75, 3.05) is 30.0 Å². The van der Waals surface area contributed by atoms with Crippen LogP contribution in [0, 0.1) is 0 Å². The molecule has 1 fully saturated rings. The van der Waals surface area contributed by atoms with Crippen molar-refractivity contribution in [3.63, 3.8) is 0 Å². The molecule has 0 bridgehead atoms. The number of benzene rings is 1. The van der Waals surface area contributed by atoms with E-state index in [1.54, 1.807) is 31.2 Å². The third-order valence-electron chi connectivity index (χ3n) is 5.34. The smallest absolute Gasteiger partial charge is 0.316 e. The van der Waals surface area contributed by atoms with Crippen LogP contribution in [0.4, 0.5) is 16.3 Å². The number of aromatic nitrogens is 2. The van der Waals surface area contributed by atoms with Gasteiger partial charge in [-0.2, -0.15) is 0 Å². The number of carbonyl (C=O) groups is 1. The summed E-state index contributed by atoms with van der Waals surface area (Å²) >= 11 is 0. The van der Waals surface area contributed by atoms with Gasteiger partial charge in [-0.1, -0.05) is 0 Å². The molecule has 1 saturated heterocycles. The third-order valence-corrected chi connectivity index (χ3v) is 7.33. The van der Waals surface area contributed by atoms with E-state index in [0.717, 1.165) is 5.56 Å². The van der Waals surface area contributed by atoms with Crippen molar-refractivity contribution in [2.45, 2.75) is 30.9 Å². The summed E-state index contributed by atoms with van der Waals surface area (Å²) in [7, 11) is -3.30. The van der Waals surface area contributed by atoms with Crippen LogP contribution in [0.3, 0.4) is 0 Å². The Morgan fingerprint density at radius 2 is 1.97 bits per heavy atom. The maximum absolute atomic E-state index is 12.6. The molecule has 1 aromatic heterocycles. The quantitative estimate of drug-likeness (QED) is 0.780.